The van der Waals surface area contributed by atoms with Crippen molar-refractivity contribution in [3.8, 4) is 0 Å². The molecule has 0 aromatic carbocycles. The van der Waals surface area contributed by atoms with Gasteiger partial charge in [-0.2, -0.15) is 0 Å². The average molecular weight is 270 g/mol. The lowest BCUT2D eigenvalue weighted by Gasteiger charge is -2.44. The summed E-state index contributed by atoms with van der Waals surface area (Å²) in [5, 5.41) is 0. The molecule has 0 atom stereocenters. The summed E-state index contributed by atoms with van der Waals surface area (Å²) < 4.78 is 5.38. The van der Waals surface area contributed by atoms with E-state index in [1.807, 2.05) is 0 Å². The second-order valence-electron chi connectivity index (χ2n) is 6.30. The minimum Gasteiger partial charge on any atom is -0.379 e. The lowest BCUT2D eigenvalue weighted by atomic mass is 10.0. The van der Waals surface area contributed by atoms with E-state index in [0.717, 1.165) is 45.9 Å². The summed E-state index contributed by atoms with van der Waals surface area (Å²) in [7, 11) is 0. The molecule has 19 heavy (non-hydrogen) atoms. The van der Waals surface area contributed by atoms with Gasteiger partial charge in [-0.05, 0) is 13.8 Å². The molecule has 0 aromatic rings. The van der Waals surface area contributed by atoms with Gasteiger partial charge in [0.05, 0.1) is 13.2 Å². The van der Waals surface area contributed by atoms with Crippen LogP contribution in [0, 0.1) is 0 Å². The molecule has 0 unspecified atom stereocenters. The van der Waals surface area contributed by atoms with Crippen molar-refractivity contribution in [1.29, 1.82) is 0 Å². The number of ether oxygens (including phenoxy) is 1. The first kappa shape index (κ1) is 15.2. The Labute approximate surface area is 117 Å². The van der Waals surface area contributed by atoms with Crippen molar-refractivity contribution in [1.82, 2.24) is 14.7 Å². The van der Waals surface area contributed by atoms with E-state index in [0.29, 0.717) is 0 Å². The fraction of sp³-hybridized carbons (Fsp3) is 1.00. The molecule has 112 valence electrons. The Morgan fingerprint density at radius 3 is 1.95 bits per heavy atom. The zero-order valence-electron chi connectivity index (χ0n) is 12.6. The molecule has 2 aliphatic heterocycles. The summed E-state index contributed by atoms with van der Waals surface area (Å²) in [4.78, 5) is 7.62. The third-order valence-corrected chi connectivity index (χ3v) is 4.56. The van der Waals surface area contributed by atoms with E-state index < -0.39 is 0 Å². The highest BCUT2D eigenvalue weighted by Gasteiger charge is 2.28. The molecule has 0 amide bonds. The molecule has 2 heterocycles. The predicted molar refractivity (Wildman–Crippen MR) is 78.4 cm³/mol. The number of hydrogen-bond donors (Lipinski definition) is 1. The van der Waals surface area contributed by atoms with Gasteiger partial charge in [0.2, 0.25) is 0 Å². The first-order valence-electron chi connectivity index (χ1n) is 7.59. The van der Waals surface area contributed by atoms with Gasteiger partial charge in [-0.25, -0.2) is 0 Å². The molecule has 2 fully saturated rings. The zero-order valence-corrected chi connectivity index (χ0v) is 12.6. The summed E-state index contributed by atoms with van der Waals surface area (Å²) in [5.41, 5.74) is 6.00. The molecular weight excluding hydrogens is 240 g/mol. The van der Waals surface area contributed by atoms with Crippen molar-refractivity contribution >= 4 is 0 Å². The summed E-state index contributed by atoms with van der Waals surface area (Å²) in [5.74, 6) is 0. The van der Waals surface area contributed by atoms with Gasteiger partial charge in [0.25, 0.3) is 0 Å². The van der Waals surface area contributed by atoms with E-state index >= 15 is 0 Å². The van der Waals surface area contributed by atoms with E-state index in [1.54, 1.807) is 0 Å². The maximum Gasteiger partial charge on any atom is 0.0594 e. The number of rotatable bonds is 5. The first-order valence-corrected chi connectivity index (χ1v) is 7.59. The van der Waals surface area contributed by atoms with Crippen LogP contribution in [-0.4, -0.2) is 92.4 Å². The van der Waals surface area contributed by atoms with Gasteiger partial charge in [0.1, 0.15) is 0 Å². The van der Waals surface area contributed by atoms with Crippen molar-refractivity contribution in [3.63, 3.8) is 0 Å². The van der Waals surface area contributed by atoms with Gasteiger partial charge in [-0.3, -0.25) is 14.7 Å². The molecule has 2 N–H and O–H groups in total. The second-order valence-corrected chi connectivity index (χ2v) is 6.30. The SMILES string of the molecule is CC(C)(CN)N1CCN(CCN2CCOCC2)CC1. The van der Waals surface area contributed by atoms with E-state index in [9.17, 15) is 0 Å². The van der Waals surface area contributed by atoms with E-state index in [4.69, 9.17) is 10.5 Å². The van der Waals surface area contributed by atoms with Crippen LogP contribution < -0.4 is 5.73 Å². The molecule has 0 aliphatic carbocycles. The molecule has 5 nitrogen and oxygen atoms in total. The van der Waals surface area contributed by atoms with Gasteiger partial charge in [-0.1, -0.05) is 0 Å². The van der Waals surface area contributed by atoms with Crippen LogP contribution in [0.3, 0.4) is 0 Å². The van der Waals surface area contributed by atoms with Crippen LogP contribution >= 0.6 is 0 Å². The Morgan fingerprint density at radius 1 is 0.895 bits per heavy atom. The smallest absolute Gasteiger partial charge is 0.0594 e. The minimum atomic E-state index is 0.149. The second kappa shape index (κ2) is 6.99. The van der Waals surface area contributed by atoms with Crippen LogP contribution in [-0.2, 0) is 4.74 Å². The lowest BCUT2D eigenvalue weighted by Crippen LogP contribution is -2.58. The molecule has 0 bridgehead atoms. The zero-order chi connectivity index (χ0) is 13.7. The van der Waals surface area contributed by atoms with Gasteiger partial charge < -0.3 is 10.5 Å². The van der Waals surface area contributed by atoms with E-state index in [1.165, 1.54) is 26.2 Å². The van der Waals surface area contributed by atoms with E-state index in [2.05, 4.69) is 28.5 Å². The Hall–Kier alpha value is -0.200. The monoisotopic (exact) mass is 270 g/mol. The summed E-state index contributed by atoms with van der Waals surface area (Å²) in [6.45, 7) is 16.2. The molecule has 0 radical (unpaired) electrons. The van der Waals surface area contributed by atoms with Crippen molar-refractivity contribution in [2.24, 2.45) is 5.73 Å². The van der Waals surface area contributed by atoms with E-state index in [-0.39, 0.29) is 5.54 Å². The first-order chi connectivity index (χ1) is 9.12. The number of hydrogen-bond acceptors (Lipinski definition) is 5. The average Bonchev–Trinajstić information content (AvgIpc) is 2.47. The molecular formula is C14H30N4O. The molecule has 0 aromatic heterocycles. The highest BCUT2D eigenvalue weighted by molar-refractivity contribution is 4.86. The quantitative estimate of drug-likeness (QED) is 0.741. The predicted octanol–water partition coefficient (Wildman–Crippen LogP) is -0.326. The molecule has 2 rings (SSSR count). The maximum atomic E-state index is 5.85. The van der Waals surface area contributed by atoms with Crippen LogP contribution in [0.2, 0.25) is 0 Å². The fourth-order valence-electron chi connectivity index (χ4n) is 2.81. The Morgan fingerprint density at radius 2 is 1.42 bits per heavy atom. The highest BCUT2D eigenvalue weighted by Crippen LogP contribution is 2.15. The molecule has 0 saturated carbocycles. The summed E-state index contributed by atoms with van der Waals surface area (Å²) >= 11 is 0. The molecule has 2 aliphatic rings. The van der Waals surface area contributed by atoms with Gasteiger partial charge >= 0.3 is 0 Å². The number of morpholine rings is 1. The van der Waals surface area contributed by atoms with Crippen molar-refractivity contribution < 1.29 is 4.74 Å². The fourth-order valence-corrected chi connectivity index (χ4v) is 2.81. The van der Waals surface area contributed by atoms with Crippen molar-refractivity contribution in [2.75, 3.05) is 72.1 Å². The van der Waals surface area contributed by atoms with Crippen LogP contribution in [0.1, 0.15) is 13.8 Å². The van der Waals surface area contributed by atoms with Crippen LogP contribution in [0.5, 0.6) is 0 Å². The normalized spacial score (nSPS) is 24.8. The number of piperazine rings is 1. The Balaban J connectivity index is 1.66. The minimum absolute atomic E-state index is 0.149. The number of nitrogens with two attached hydrogens (primary N) is 1. The largest absolute Gasteiger partial charge is 0.379 e. The molecule has 5 heteroatoms. The van der Waals surface area contributed by atoms with Crippen molar-refractivity contribution in [2.45, 2.75) is 19.4 Å². The third-order valence-electron chi connectivity index (χ3n) is 4.56. The molecule has 0 spiro atoms. The van der Waals surface area contributed by atoms with Gasteiger partial charge in [0.15, 0.2) is 0 Å². The maximum absolute atomic E-state index is 5.85. The Kier molecular flexibility index (Phi) is 5.59. The third kappa shape index (κ3) is 4.39. The highest BCUT2D eigenvalue weighted by atomic mass is 16.5. The topological polar surface area (TPSA) is 45.0 Å². The summed E-state index contributed by atoms with van der Waals surface area (Å²) in [6, 6.07) is 0. The standard InChI is InChI=1S/C14H30N4O/c1-14(2,13-15)18-7-5-16(6-8-18)3-4-17-9-11-19-12-10-17/h3-13,15H2,1-2H3. The van der Waals surface area contributed by atoms with Crippen LogP contribution in [0.15, 0.2) is 0 Å². The van der Waals surface area contributed by atoms with Gasteiger partial charge in [0, 0.05) is 64.4 Å². The van der Waals surface area contributed by atoms with Gasteiger partial charge in [-0.15, -0.1) is 0 Å². The van der Waals surface area contributed by atoms with Crippen LogP contribution in [0.25, 0.3) is 0 Å². The molecule has 2 saturated heterocycles. The van der Waals surface area contributed by atoms with Crippen LogP contribution in [0.4, 0.5) is 0 Å². The number of nitrogens with zero attached hydrogens (tertiary/aromatic N) is 3. The van der Waals surface area contributed by atoms with Crippen molar-refractivity contribution in [3.05, 3.63) is 0 Å². The lowest BCUT2D eigenvalue weighted by molar-refractivity contribution is 0.0226. The summed E-state index contributed by atoms with van der Waals surface area (Å²) in [6.07, 6.45) is 0. The Bertz CT molecular complexity index is 258.